The average molecular weight is 669 g/mol. The molecule has 1 aliphatic carbocycles. The summed E-state index contributed by atoms with van der Waals surface area (Å²) in [7, 11) is 4.64. The van der Waals surface area contributed by atoms with Crippen molar-refractivity contribution in [1.82, 2.24) is 0 Å². The summed E-state index contributed by atoms with van der Waals surface area (Å²) in [5, 5.41) is 20.5. The van der Waals surface area contributed by atoms with Crippen LogP contribution in [0.3, 0.4) is 0 Å². The third-order valence-electron chi connectivity index (χ3n) is 7.45. The molecule has 6 saturated heterocycles. The van der Waals surface area contributed by atoms with E-state index in [0.717, 1.165) is 0 Å². The maximum atomic E-state index is 10.3. The van der Waals surface area contributed by atoms with E-state index >= 15 is 0 Å². The van der Waals surface area contributed by atoms with Crippen molar-refractivity contribution in [2.75, 3.05) is 13.2 Å². The van der Waals surface area contributed by atoms with Crippen LogP contribution >= 0.6 is 9.30 Å². The average Bonchev–Trinajstić information content (AvgIpc) is 3.76. The third kappa shape index (κ3) is 9.12. The summed E-state index contributed by atoms with van der Waals surface area (Å²) in [4.78, 5) is 0. The Morgan fingerprint density at radius 3 is 1.09 bits per heavy atom. The van der Waals surface area contributed by atoms with E-state index in [0.29, 0.717) is 13.2 Å². The quantitative estimate of drug-likeness (QED) is 0.419. The summed E-state index contributed by atoms with van der Waals surface area (Å²) in [6, 6.07) is 0. The summed E-state index contributed by atoms with van der Waals surface area (Å²) in [5.74, 6) is -2.69. The van der Waals surface area contributed by atoms with Crippen molar-refractivity contribution >= 4 is 9.30 Å². The molecule has 0 unspecified atom stereocenters. The Labute approximate surface area is 270 Å². The summed E-state index contributed by atoms with van der Waals surface area (Å²) >= 11 is 1.47. The van der Waals surface area contributed by atoms with E-state index in [1.165, 1.54) is 19.4 Å². The summed E-state index contributed by atoms with van der Waals surface area (Å²) in [6.45, 7) is 15.4. The third-order valence-corrected chi connectivity index (χ3v) is 7.45. The van der Waals surface area contributed by atoms with Gasteiger partial charge in [-0.15, -0.1) is 0 Å². The van der Waals surface area contributed by atoms with Gasteiger partial charge in [0, 0.05) is 0 Å². The Balaban J connectivity index is 0.000000162. The molecule has 7 rings (SSSR count). The van der Waals surface area contributed by atoms with Crippen LogP contribution in [0.15, 0.2) is 0 Å². The Bertz CT molecular complexity index is 829. The molecule has 6 heterocycles. The minimum atomic E-state index is -0.765. The molecule has 7 aliphatic rings. The second kappa shape index (κ2) is 14.3. The van der Waals surface area contributed by atoms with Crippen LogP contribution in [0.1, 0.15) is 55.4 Å². The van der Waals surface area contributed by atoms with E-state index < -0.39 is 72.4 Å². The maximum absolute atomic E-state index is 10.3. The van der Waals surface area contributed by atoms with Gasteiger partial charge in [-0.1, -0.05) is 0 Å². The molecule has 12 nitrogen and oxygen atoms in total. The summed E-state index contributed by atoms with van der Waals surface area (Å²) in [5.41, 5.74) is 0. The van der Waals surface area contributed by atoms with Crippen molar-refractivity contribution in [3.8, 4) is 0 Å². The first-order valence-corrected chi connectivity index (χ1v) is 16.6. The predicted octanol–water partition coefficient (Wildman–Crippen LogP) is 2.46. The van der Waals surface area contributed by atoms with Crippen molar-refractivity contribution < 1.29 is 77.0 Å². The van der Waals surface area contributed by atoms with Gasteiger partial charge in [-0.25, -0.2) is 0 Å². The van der Waals surface area contributed by atoms with Crippen molar-refractivity contribution in [2.24, 2.45) is 0 Å². The van der Waals surface area contributed by atoms with E-state index in [-0.39, 0.29) is 12.2 Å². The molecule has 10 atom stereocenters. The molecule has 7 fully saturated rings. The number of aliphatic hydroxyl groups excluding tert-OH is 2. The molecule has 0 amide bonds. The van der Waals surface area contributed by atoms with Crippen molar-refractivity contribution in [2.45, 2.75) is 140 Å². The number of fused-ring (bicyclic) bond motifs is 2. The van der Waals surface area contributed by atoms with E-state index in [1.54, 1.807) is 27.7 Å². The number of hydrogen-bond donors (Lipinski definition) is 2. The second-order valence-corrected chi connectivity index (χ2v) is 12.8. The van der Waals surface area contributed by atoms with Crippen molar-refractivity contribution in [1.29, 1.82) is 0 Å². The van der Waals surface area contributed by atoms with Gasteiger partial charge in [0.25, 0.3) is 0 Å². The van der Waals surface area contributed by atoms with Crippen LogP contribution in [-0.4, -0.2) is 108 Å². The molecule has 0 aromatic carbocycles. The van der Waals surface area contributed by atoms with E-state index in [9.17, 15) is 10.2 Å². The van der Waals surface area contributed by atoms with Crippen LogP contribution in [0, 0.1) is 32.1 Å². The zero-order valence-electron chi connectivity index (χ0n) is 25.9. The Morgan fingerprint density at radius 1 is 0.512 bits per heavy atom. The molecule has 2 N–H and O–H groups in total. The summed E-state index contributed by atoms with van der Waals surface area (Å²) < 4.78 is 56.2. The van der Waals surface area contributed by atoms with Gasteiger partial charge in [0.1, 0.15) is 48.8 Å². The molecule has 0 spiro atoms. The van der Waals surface area contributed by atoms with Crippen molar-refractivity contribution in [3.63, 3.8) is 0 Å². The van der Waals surface area contributed by atoms with Gasteiger partial charge in [-0.05, 0) is 87.5 Å². The second-order valence-electron chi connectivity index (χ2n) is 12.8. The number of rotatable bonds is 2. The van der Waals surface area contributed by atoms with E-state index in [2.05, 4.69) is 9.30 Å². The normalized spacial score (nSPS) is 44.3. The van der Waals surface area contributed by atoms with Gasteiger partial charge >= 0.3 is 28.7 Å². The first kappa shape index (κ1) is 36.4. The van der Waals surface area contributed by atoms with Gasteiger partial charge in [0.15, 0.2) is 35.7 Å². The van der Waals surface area contributed by atoms with Crippen LogP contribution in [0.2, 0.25) is 0 Å². The van der Waals surface area contributed by atoms with Crippen LogP contribution in [0.5, 0.6) is 0 Å². The number of halogens is 1. The standard InChI is InChI=1S/2C12H20O6.C5H5.ClH.Ti/c2*1-11(2)14-5-6(16-11)8-7(13)9-10(15-8)18-12(3,4)17-9;1-2-4-5-3-1;;/h2*6-10,13H,5H2,1-4H3;1-5H;1H;/q;;;;+2/p-1/t2*6-,7+,8-,9-,10-;;;/m00.../s1. The molecule has 0 aromatic heterocycles. The first-order chi connectivity index (χ1) is 20.0. The van der Waals surface area contributed by atoms with Crippen LogP contribution in [0.25, 0.3) is 0 Å². The monoisotopic (exact) mass is 668 g/mol. The Morgan fingerprint density at radius 2 is 0.837 bits per heavy atom. The molecule has 43 heavy (non-hydrogen) atoms. The van der Waals surface area contributed by atoms with Gasteiger partial charge in [0.2, 0.25) is 0 Å². The fraction of sp³-hybridized carbons (Fsp3) is 0.828. The van der Waals surface area contributed by atoms with Crippen LogP contribution in [0.4, 0.5) is 0 Å². The molecule has 14 heteroatoms. The van der Waals surface area contributed by atoms with Gasteiger partial charge in [-0.3, -0.25) is 0 Å². The molecule has 243 valence electrons. The first-order valence-electron chi connectivity index (χ1n) is 14.4. The SMILES string of the molecule is CC1(C)O[C@@H]2O[C@@H]([C@@H]3COC(C)(C)O3)[C@@H](O)[C@@H]2O1.CC1(C)O[C@@H]2O[C@@H]([C@@H]3COC(C)(C)O3)[C@@H](O)[C@@H]2O1.[CH]1[CH][CH][CH][CH]1.[Cl][Ti+]. The molecular weight excluding hydrogens is 624 g/mol. The summed E-state index contributed by atoms with van der Waals surface area (Å²) in [6.07, 6.45) is 4.94. The molecule has 5 radical (unpaired) electrons. The zero-order chi connectivity index (χ0) is 31.8. The van der Waals surface area contributed by atoms with Gasteiger partial charge < -0.3 is 57.6 Å². The number of aliphatic hydroxyl groups is 2. The van der Waals surface area contributed by atoms with Crippen LogP contribution < -0.4 is 0 Å². The Hall–Kier alpha value is 0.524. The number of ether oxygens (including phenoxy) is 10. The van der Waals surface area contributed by atoms with Crippen molar-refractivity contribution in [3.05, 3.63) is 32.1 Å². The fourth-order valence-corrected chi connectivity index (χ4v) is 5.72. The van der Waals surface area contributed by atoms with Crippen LogP contribution in [-0.2, 0) is 66.7 Å². The van der Waals surface area contributed by atoms with E-state index in [1.807, 2.05) is 59.8 Å². The topological polar surface area (TPSA) is 133 Å². The number of hydrogen-bond acceptors (Lipinski definition) is 12. The Kier molecular flexibility index (Phi) is 12.1. The fourth-order valence-electron chi connectivity index (χ4n) is 5.72. The molecule has 6 aliphatic heterocycles. The minimum absolute atomic E-state index is 0.295. The molecule has 0 bridgehead atoms. The van der Waals surface area contributed by atoms with Gasteiger partial charge in [-0.2, -0.15) is 0 Å². The molecule has 0 aromatic rings. The zero-order valence-corrected chi connectivity index (χ0v) is 28.2. The van der Waals surface area contributed by atoms with E-state index in [4.69, 9.17) is 47.4 Å². The van der Waals surface area contributed by atoms with Gasteiger partial charge in [0.05, 0.1) is 13.2 Å². The molecule has 1 saturated carbocycles. The molecular formula is C29H45ClO12Ti+. The predicted molar refractivity (Wildman–Crippen MR) is 147 cm³/mol.